The molecule has 1 aromatic heterocycles. The Labute approximate surface area is 151 Å². The van der Waals surface area contributed by atoms with Gasteiger partial charge in [0.25, 0.3) is 5.91 Å². The maximum atomic E-state index is 12.7. The lowest BCUT2D eigenvalue weighted by Gasteiger charge is -2.37. The Bertz CT molecular complexity index is 644. The molecule has 3 aliphatic heterocycles. The fourth-order valence-corrected chi connectivity index (χ4v) is 3.65. The molecule has 0 radical (unpaired) electrons. The molecule has 2 amide bonds. The highest BCUT2D eigenvalue weighted by molar-refractivity contribution is 5.92. The van der Waals surface area contributed by atoms with Gasteiger partial charge < -0.3 is 24.2 Å². The first-order chi connectivity index (χ1) is 12.7. The standard InChI is InChI=1S/C17H23N5O4/c23-13-20-5-7-21(8-6-20)15-12-18-14(11-19-15)16(24)22-3-1-17(2-4-22)25-9-10-26-17/h11-13H,1-10H2. The van der Waals surface area contributed by atoms with Crippen molar-refractivity contribution in [3.63, 3.8) is 0 Å². The molecule has 9 nitrogen and oxygen atoms in total. The molecule has 4 rings (SSSR count). The summed E-state index contributed by atoms with van der Waals surface area (Å²) in [5, 5.41) is 0. The van der Waals surface area contributed by atoms with Crippen molar-refractivity contribution < 1.29 is 19.1 Å². The predicted molar refractivity (Wildman–Crippen MR) is 91.7 cm³/mol. The molecular formula is C17H23N5O4. The predicted octanol–water partition coefficient (Wildman–Crippen LogP) is -0.266. The molecule has 9 heteroatoms. The van der Waals surface area contributed by atoms with E-state index < -0.39 is 5.79 Å². The van der Waals surface area contributed by atoms with E-state index in [1.165, 1.54) is 6.20 Å². The second-order valence-electron chi connectivity index (χ2n) is 6.79. The first-order valence-electron chi connectivity index (χ1n) is 9.03. The normalized spacial score (nSPS) is 22.7. The number of piperidine rings is 1. The lowest BCUT2D eigenvalue weighted by molar-refractivity contribution is -0.181. The van der Waals surface area contributed by atoms with E-state index in [1.807, 2.05) is 0 Å². The zero-order chi connectivity index (χ0) is 18.0. The van der Waals surface area contributed by atoms with E-state index in [0.29, 0.717) is 57.9 Å². The largest absolute Gasteiger partial charge is 0.352 e. The van der Waals surface area contributed by atoms with Crippen LogP contribution in [0.5, 0.6) is 0 Å². The van der Waals surface area contributed by atoms with Gasteiger partial charge in [-0.2, -0.15) is 0 Å². The van der Waals surface area contributed by atoms with Crippen LogP contribution in [0.2, 0.25) is 0 Å². The van der Waals surface area contributed by atoms with Crippen molar-refractivity contribution in [2.75, 3.05) is 57.4 Å². The van der Waals surface area contributed by atoms with Gasteiger partial charge in [0.2, 0.25) is 6.41 Å². The lowest BCUT2D eigenvalue weighted by Crippen LogP contribution is -2.47. The van der Waals surface area contributed by atoms with Gasteiger partial charge in [0.1, 0.15) is 11.5 Å². The quantitative estimate of drug-likeness (QED) is 0.685. The van der Waals surface area contributed by atoms with Gasteiger partial charge >= 0.3 is 0 Å². The molecule has 0 bridgehead atoms. The first kappa shape index (κ1) is 17.2. The van der Waals surface area contributed by atoms with Gasteiger partial charge in [-0.05, 0) is 0 Å². The van der Waals surface area contributed by atoms with Gasteiger partial charge in [-0.3, -0.25) is 9.59 Å². The van der Waals surface area contributed by atoms with Gasteiger partial charge in [-0.15, -0.1) is 0 Å². The monoisotopic (exact) mass is 361 g/mol. The number of aromatic nitrogens is 2. The van der Waals surface area contributed by atoms with Crippen molar-refractivity contribution in [3.05, 3.63) is 18.1 Å². The third-order valence-electron chi connectivity index (χ3n) is 5.27. The highest BCUT2D eigenvalue weighted by atomic mass is 16.7. The van der Waals surface area contributed by atoms with E-state index in [9.17, 15) is 9.59 Å². The minimum atomic E-state index is -0.490. The minimum absolute atomic E-state index is 0.109. The highest BCUT2D eigenvalue weighted by Gasteiger charge is 2.41. The molecule has 0 aromatic carbocycles. The molecule has 1 spiro atoms. The Morgan fingerprint density at radius 2 is 1.69 bits per heavy atom. The Morgan fingerprint density at radius 1 is 1.00 bits per heavy atom. The van der Waals surface area contributed by atoms with Crippen molar-refractivity contribution in [2.24, 2.45) is 0 Å². The summed E-state index contributed by atoms with van der Waals surface area (Å²) in [6.45, 7) is 5.22. The van der Waals surface area contributed by atoms with Crippen molar-refractivity contribution in [2.45, 2.75) is 18.6 Å². The smallest absolute Gasteiger partial charge is 0.274 e. The molecule has 3 fully saturated rings. The van der Waals surface area contributed by atoms with E-state index >= 15 is 0 Å². The summed E-state index contributed by atoms with van der Waals surface area (Å²) < 4.78 is 11.4. The van der Waals surface area contributed by atoms with Crippen molar-refractivity contribution in [1.82, 2.24) is 19.8 Å². The molecule has 0 atom stereocenters. The van der Waals surface area contributed by atoms with E-state index in [4.69, 9.17) is 9.47 Å². The van der Waals surface area contributed by atoms with Crippen LogP contribution in [0.1, 0.15) is 23.3 Å². The summed E-state index contributed by atoms with van der Waals surface area (Å²) in [6, 6.07) is 0. The minimum Gasteiger partial charge on any atom is -0.352 e. The lowest BCUT2D eigenvalue weighted by atomic mass is 10.0. The van der Waals surface area contributed by atoms with Crippen LogP contribution >= 0.6 is 0 Å². The van der Waals surface area contributed by atoms with Crippen LogP contribution in [0.15, 0.2) is 12.4 Å². The molecule has 4 heterocycles. The van der Waals surface area contributed by atoms with Crippen molar-refractivity contribution in [3.8, 4) is 0 Å². The summed E-state index contributed by atoms with van der Waals surface area (Å²) >= 11 is 0. The number of carbonyl (C=O) groups excluding carboxylic acids is 2. The van der Waals surface area contributed by atoms with Gasteiger partial charge in [-0.1, -0.05) is 0 Å². The summed E-state index contributed by atoms with van der Waals surface area (Å²) in [4.78, 5) is 37.7. The number of anilines is 1. The fourth-order valence-electron chi connectivity index (χ4n) is 3.65. The summed E-state index contributed by atoms with van der Waals surface area (Å²) in [7, 11) is 0. The maximum absolute atomic E-state index is 12.7. The zero-order valence-electron chi connectivity index (χ0n) is 14.7. The Morgan fingerprint density at radius 3 is 2.27 bits per heavy atom. The van der Waals surface area contributed by atoms with Gasteiger partial charge in [0.05, 0.1) is 25.6 Å². The van der Waals surface area contributed by atoms with Crippen LogP contribution in [-0.2, 0) is 14.3 Å². The van der Waals surface area contributed by atoms with E-state index in [-0.39, 0.29) is 5.91 Å². The Kier molecular flexibility index (Phi) is 4.73. The van der Waals surface area contributed by atoms with Crippen molar-refractivity contribution >= 4 is 18.1 Å². The molecule has 0 N–H and O–H groups in total. The van der Waals surface area contributed by atoms with Crippen LogP contribution in [0, 0.1) is 0 Å². The number of amides is 2. The topological polar surface area (TPSA) is 88.1 Å². The molecule has 3 saturated heterocycles. The molecule has 1 aromatic rings. The number of hydrogen-bond acceptors (Lipinski definition) is 7. The summed E-state index contributed by atoms with van der Waals surface area (Å²) in [6.07, 6.45) is 5.42. The second kappa shape index (κ2) is 7.16. The number of carbonyl (C=O) groups is 2. The molecule has 3 aliphatic rings. The third kappa shape index (κ3) is 3.36. The number of rotatable bonds is 3. The number of likely N-dealkylation sites (tertiary alicyclic amines) is 1. The van der Waals surface area contributed by atoms with Gasteiger partial charge in [0, 0.05) is 52.1 Å². The van der Waals surface area contributed by atoms with Crippen LogP contribution in [0.4, 0.5) is 5.82 Å². The average molecular weight is 361 g/mol. The van der Waals surface area contributed by atoms with E-state index in [2.05, 4.69) is 14.9 Å². The molecule has 140 valence electrons. The number of nitrogens with zero attached hydrogens (tertiary/aromatic N) is 5. The number of ether oxygens (including phenoxy) is 2. The Balaban J connectivity index is 1.35. The molecule has 0 aliphatic carbocycles. The van der Waals surface area contributed by atoms with Crippen LogP contribution < -0.4 is 4.90 Å². The number of hydrogen-bond donors (Lipinski definition) is 0. The number of piperazine rings is 1. The fraction of sp³-hybridized carbons (Fsp3) is 0.647. The van der Waals surface area contributed by atoms with Crippen LogP contribution in [-0.4, -0.2) is 90.4 Å². The van der Waals surface area contributed by atoms with Gasteiger partial charge in [0.15, 0.2) is 5.79 Å². The third-order valence-corrected chi connectivity index (χ3v) is 5.27. The summed E-state index contributed by atoms with van der Waals surface area (Å²) in [5.74, 6) is 0.135. The molecule has 0 saturated carbocycles. The van der Waals surface area contributed by atoms with Crippen LogP contribution in [0.25, 0.3) is 0 Å². The van der Waals surface area contributed by atoms with E-state index in [1.54, 1.807) is 16.0 Å². The second-order valence-corrected chi connectivity index (χ2v) is 6.79. The maximum Gasteiger partial charge on any atom is 0.274 e. The van der Waals surface area contributed by atoms with Crippen LogP contribution in [0.3, 0.4) is 0 Å². The molecule has 26 heavy (non-hydrogen) atoms. The zero-order valence-corrected chi connectivity index (χ0v) is 14.7. The van der Waals surface area contributed by atoms with E-state index in [0.717, 1.165) is 25.3 Å². The first-order valence-corrected chi connectivity index (χ1v) is 9.03. The van der Waals surface area contributed by atoms with Gasteiger partial charge in [-0.25, -0.2) is 9.97 Å². The highest BCUT2D eigenvalue weighted by Crippen LogP contribution is 2.31. The molecule has 0 unspecified atom stereocenters. The SMILES string of the molecule is O=CN1CCN(c2cnc(C(=O)N3CCC4(CC3)OCCO4)cn2)CC1. The van der Waals surface area contributed by atoms with Crippen molar-refractivity contribution in [1.29, 1.82) is 0 Å². The summed E-state index contributed by atoms with van der Waals surface area (Å²) in [5.41, 5.74) is 0.351. The Hall–Kier alpha value is -2.26. The average Bonchev–Trinajstić information content (AvgIpc) is 3.16. The molecular weight excluding hydrogens is 338 g/mol.